The third kappa shape index (κ3) is 5.24. The molecule has 0 radical (unpaired) electrons. The Kier molecular flexibility index (Phi) is 7.23. The van der Waals surface area contributed by atoms with Gasteiger partial charge in [0.25, 0.3) is 5.91 Å². The number of piperidine rings is 1. The van der Waals surface area contributed by atoms with E-state index in [-0.39, 0.29) is 28.2 Å². The first kappa shape index (κ1) is 22.4. The van der Waals surface area contributed by atoms with E-state index in [9.17, 15) is 13.2 Å². The maximum Gasteiger partial charge on any atom is 0.262 e. The summed E-state index contributed by atoms with van der Waals surface area (Å²) in [6.45, 7) is 2.65. The highest BCUT2D eigenvalue weighted by Crippen LogP contribution is 2.30. The van der Waals surface area contributed by atoms with E-state index in [0.29, 0.717) is 24.5 Å². The van der Waals surface area contributed by atoms with Crippen LogP contribution in [0.25, 0.3) is 0 Å². The van der Waals surface area contributed by atoms with Gasteiger partial charge in [0.1, 0.15) is 11.5 Å². The van der Waals surface area contributed by atoms with Gasteiger partial charge in [0.05, 0.1) is 22.7 Å². The Hall–Kier alpha value is -2.29. The highest BCUT2D eigenvalue weighted by atomic mass is 35.5. The van der Waals surface area contributed by atoms with E-state index >= 15 is 0 Å². The number of carbonyl (C=O) groups is 1. The predicted octanol–water partition coefficient (Wildman–Crippen LogP) is 3.85. The van der Waals surface area contributed by atoms with Crippen LogP contribution in [0.15, 0.2) is 41.3 Å². The second-order valence-corrected chi connectivity index (χ2v) is 9.44. The van der Waals surface area contributed by atoms with Crippen molar-refractivity contribution < 1.29 is 22.7 Å². The van der Waals surface area contributed by atoms with E-state index in [4.69, 9.17) is 21.1 Å². The molecule has 162 valence electrons. The van der Waals surface area contributed by atoms with Crippen molar-refractivity contribution in [1.82, 2.24) is 4.31 Å². The van der Waals surface area contributed by atoms with Crippen LogP contribution in [0.2, 0.25) is 5.02 Å². The topological polar surface area (TPSA) is 84.9 Å². The molecule has 2 aromatic rings. The summed E-state index contributed by atoms with van der Waals surface area (Å²) in [5, 5.41) is 2.87. The van der Waals surface area contributed by atoms with E-state index in [2.05, 4.69) is 5.32 Å². The van der Waals surface area contributed by atoms with E-state index in [0.717, 1.165) is 24.8 Å². The second kappa shape index (κ2) is 9.68. The molecule has 1 heterocycles. The standard InChI is InChI=1S/C21H25ClN2O5S/c1-15-6-8-20(28-2)18(12-15)23-21(25)14-29-19-9-7-16(13-17(19)22)30(26,27)24-10-4-3-5-11-24/h6-9,12-13H,3-5,10-11,14H2,1-2H3,(H,23,25). The van der Waals surface area contributed by atoms with Crippen molar-refractivity contribution in [3.63, 3.8) is 0 Å². The number of anilines is 1. The number of rotatable bonds is 7. The molecule has 0 aromatic heterocycles. The van der Waals surface area contributed by atoms with Gasteiger partial charge >= 0.3 is 0 Å². The molecule has 0 aliphatic carbocycles. The highest BCUT2D eigenvalue weighted by Gasteiger charge is 2.26. The number of methoxy groups -OCH3 is 1. The van der Waals surface area contributed by atoms with Crippen LogP contribution in [0.5, 0.6) is 11.5 Å². The highest BCUT2D eigenvalue weighted by molar-refractivity contribution is 7.89. The summed E-state index contributed by atoms with van der Waals surface area (Å²) in [6, 6.07) is 9.73. The van der Waals surface area contributed by atoms with Crippen molar-refractivity contribution >= 4 is 33.2 Å². The number of halogens is 1. The van der Waals surface area contributed by atoms with Crippen molar-refractivity contribution in [3.8, 4) is 11.5 Å². The number of nitrogens with zero attached hydrogens (tertiary/aromatic N) is 1. The number of aryl methyl sites for hydroxylation is 1. The lowest BCUT2D eigenvalue weighted by molar-refractivity contribution is -0.118. The molecule has 0 bridgehead atoms. The number of hydrogen-bond acceptors (Lipinski definition) is 5. The number of carbonyl (C=O) groups excluding carboxylic acids is 1. The average molecular weight is 453 g/mol. The first-order valence-corrected chi connectivity index (χ1v) is 11.5. The average Bonchev–Trinajstić information content (AvgIpc) is 2.73. The fraction of sp³-hybridized carbons (Fsp3) is 0.381. The Morgan fingerprint density at radius 1 is 1.10 bits per heavy atom. The van der Waals surface area contributed by atoms with Crippen LogP contribution in [-0.2, 0) is 14.8 Å². The third-order valence-corrected chi connectivity index (χ3v) is 7.03. The summed E-state index contributed by atoms with van der Waals surface area (Å²) >= 11 is 6.23. The molecule has 7 nitrogen and oxygen atoms in total. The van der Waals surface area contributed by atoms with Gasteiger partial charge in [-0.05, 0) is 55.7 Å². The molecule has 0 unspecified atom stereocenters. The quantitative estimate of drug-likeness (QED) is 0.689. The zero-order valence-corrected chi connectivity index (χ0v) is 18.6. The Morgan fingerprint density at radius 2 is 1.80 bits per heavy atom. The molecule has 1 aliphatic rings. The van der Waals surface area contributed by atoms with Gasteiger partial charge in [0, 0.05) is 13.1 Å². The molecule has 0 spiro atoms. The number of amides is 1. The van der Waals surface area contributed by atoms with E-state index in [1.165, 1.54) is 29.6 Å². The van der Waals surface area contributed by atoms with E-state index in [1.807, 2.05) is 13.0 Å². The molecule has 30 heavy (non-hydrogen) atoms. The monoisotopic (exact) mass is 452 g/mol. The van der Waals surface area contributed by atoms with Crippen molar-refractivity contribution in [2.45, 2.75) is 31.1 Å². The molecule has 1 aliphatic heterocycles. The number of sulfonamides is 1. The van der Waals surface area contributed by atoms with Crippen molar-refractivity contribution in [3.05, 3.63) is 47.0 Å². The maximum absolute atomic E-state index is 12.8. The predicted molar refractivity (Wildman–Crippen MR) is 116 cm³/mol. The lowest BCUT2D eigenvalue weighted by Crippen LogP contribution is -2.35. The molecular formula is C21H25ClN2O5S. The number of nitrogens with one attached hydrogen (secondary N) is 1. The Balaban J connectivity index is 1.65. The van der Waals surface area contributed by atoms with Gasteiger partial charge in [-0.1, -0.05) is 24.1 Å². The van der Waals surface area contributed by atoms with Crippen LogP contribution < -0.4 is 14.8 Å². The largest absolute Gasteiger partial charge is 0.495 e. The molecule has 3 rings (SSSR count). The normalized spacial score (nSPS) is 14.9. The number of benzene rings is 2. The fourth-order valence-electron chi connectivity index (χ4n) is 3.26. The number of ether oxygens (including phenoxy) is 2. The molecule has 1 N–H and O–H groups in total. The molecule has 0 saturated carbocycles. The van der Waals surface area contributed by atoms with Gasteiger partial charge < -0.3 is 14.8 Å². The minimum atomic E-state index is -3.58. The van der Waals surface area contributed by atoms with Gasteiger partial charge in [0.15, 0.2) is 6.61 Å². The van der Waals surface area contributed by atoms with Crippen molar-refractivity contribution in [2.24, 2.45) is 0 Å². The van der Waals surface area contributed by atoms with Crippen LogP contribution in [0, 0.1) is 6.92 Å². The van der Waals surface area contributed by atoms with Crippen LogP contribution in [-0.4, -0.2) is 45.4 Å². The minimum Gasteiger partial charge on any atom is -0.495 e. The summed E-state index contributed by atoms with van der Waals surface area (Å²) in [6.07, 6.45) is 2.75. The van der Waals surface area contributed by atoms with Gasteiger partial charge in [-0.15, -0.1) is 0 Å². The molecule has 1 fully saturated rings. The van der Waals surface area contributed by atoms with Crippen LogP contribution in [0.1, 0.15) is 24.8 Å². The summed E-state index contributed by atoms with van der Waals surface area (Å²) in [7, 11) is -2.06. The third-order valence-electron chi connectivity index (χ3n) is 4.84. The summed E-state index contributed by atoms with van der Waals surface area (Å²) in [4.78, 5) is 12.4. The summed E-state index contributed by atoms with van der Waals surface area (Å²) in [5.74, 6) is 0.389. The van der Waals surface area contributed by atoms with E-state index in [1.54, 1.807) is 12.1 Å². The van der Waals surface area contributed by atoms with Crippen LogP contribution >= 0.6 is 11.6 Å². The fourth-order valence-corrected chi connectivity index (χ4v) is 5.11. The lowest BCUT2D eigenvalue weighted by Gasteiger charge is -2.26. The molecule has 1 amide bonds. The van der Waals surface area contributed by atoms with Crippen LogP contribution in [0.3, 0.4) is 0 Å². The van der Waals surface area contributed by atoms with Crippen molar-refractivity contribution in [2.75, 3.05) is 32.1 Å². The summed E-state index contributed by atoms with van der Waals surface area (Å²) in [5.41, 5.74) is 1.51. The lowest BCUT2D eigenvalue weighted by atomic mass is 10.2. The molecule has 0 atom stereocenters. The summed E-state index contributed by atoms with van der Waals surface area (Å²) < 4.78 is 37.7. The van der Waals surface area contributed by atoms with Gasteiger partial charge in [-0.2, -0.15) is 4.31 Å². The molecule has 9 heteroatoms. The maximum atomic E-state index is 12.8. The van der Waals surface area contributed by atoms with Gasteiger partial charge in [-0.3, -0.25) is 4.79 Å². The minimum absolute atomic E-state index is 0.121. The van der Waals surface area contributed by atoms with Crippen LogP contribution in [0.4, 0.5) is 5.69 Å². The number of hydrogen-bond donors (Lipinski definition) is 1. The van der Waals surface area contributed by atoms with Crippen molar-refractivity contribution in [1.29, 1.82) is 0 Å². The smallest absolute Gasteiger partial charge is 0.262 e. The first-order valence-electron chi connectivity index (χ1n) is 9.68. The Bertz CT molecular complexity index is 1020. The van der Waals surface area contributed by atoms with E-state index < -0.39 is 10.0 Å². The van der Waals surface area contributed by atoms with Gasteiger partial charge in [0.2, 0.25) is 10.0 Å². The SMILES string of the molecule is COc1ccc(C)cc1NC(=O)COc1ccc(S(=O)(=O)N2CCCCC2)cc1Cl. The molecule has 1 saturated heterocycles. The first-order chi connectivity index (χ1) is 14.3. The van der Waals surface area contributed by atoms with Gasteiger partial charge in [-0.25, -0.2) is 8.42 Å². The Morgan fingerprint density at radius 3 is 2.47 bits per heavy atom. The Labute approximate surface area is 182 Å². The molecular weight excluding hydrogens is 428 g/mol. The molecule has 2 aromatic carbocycles. The zero-order valence-electron chi connectivity index (χ0n) is 17.0. The zero-order chi connectivity index (χ0) is 21.7. The second-order valence-electron chi connectivity index (χ2n) is 7.10.